The van der Waals surface area contributed by atoms with E-state index in [4.69, 9.17) is 10.1 Å². The van der Waals surface area contributed by atoms with Gasteiger partial charge >= 0.3 is 38.7 Å². The summed E-state index contributed by atoms with van der Waals surface area (Å²) in [4.78, 5) is 2.99. The second-order valence-corrected chi connectivity index (χ2v) is 4.67. The summed E-state index contributed by atoms with van der Waals surface area (Å²) in [6.45, 7) is 0. The minimum atomic E-state index is -10.7. The molecular weight excluding hydrogens is 273 g/mol. The number of rotatable bonds is 1. The van der Waals surface area contributed by atoms with Crippen LogP contribution in [-0.2, 0) is 0 Å². The molecule has 0 atom stereocenters. The van der Waals surface area contributed by atoms with E-state index in [1.807, 2.05) is 0 Å². The summed E-state index contributed by atoms with van der Waals surface area (Å²) in [5, 5.41) is 8.29. The summed E-state index contributed by atoms with van der Waals surface area (Å²) in [5.41, 5.74) is 0.529. The third kappa shape index (κ3) is 14.5. The number of halogens is 6. The standard InChI is InChI=1S/C7H7N2O.F6P/c1-10-7-4-2-6(9-8)3-5-7;1-7(2,3,4,5)6/h2-5H,1H3;/q+1;-1. The summed E-state index contributed by atoms with van der Waals surface area (Å²) in [7, 11) is -9.07. The Bertz CT molecular complexity index is 408. The van der Waals surface area contributed by atoms with Crippen molar-refractivity contribution in [1.29, 1.82) is 5.39 Å². The van der Waals surface area contributed by atoms with Crippen molar-refractivity contribution in [3.8, 4) is 5.75 Å². The van der Waals surface area contributed by atoms with Gasteiger partial charge in [0.1, 0.15) is 5.75 Å². The fourth-order valence-corrected chi connectivity index (χ4v) is 0.649. The molecule has 1 aromatic carbocycles. The summed E-state index contributed by atoms with van der Waals surface area (Å²) < 4.78 is 64.1. The van der Waals surface area contributed by atoms with Gasteiger partial charge in [-0.05, 0) is 12.1 Å². The Hall–Kier alpha value is -1.55. The van der Waals surface area contributed by atoms with Crippen LogP contribution in [0, 0.1) is 5.39 Å². The van der Waals surface area contributed by atoms with Gasteiger partial charge in [-0.3, -0.25) is 0 Å². The molecule has 17 heavy (non-hydrogen) atoms. The first-order valence-electron chi connectivity index (χ1n) is 3.87. The number of methoxy groups -OCH3 is 1. The van der Waals surface area contributed by atoms with Crippen molar-refractivity contribution in [2.24, 2.45) is 0 Å². The molecule has 98 valence electrons. The van der Waals surface area contributed by atoms with Crippen LogP contribution in [0.25, 0.3) is 4.98 Å². The first-order chi connectivity index (χ1) is 7.31. The van der Waals surface area contributed by atoms with Crippen LogP contribution in [0.15, 0.2) is 24.3 Å². The summed E-state index contributed by atoms with van der Waals surface area (Å²) in [6, 6.07) is 6.79. The van der Waals surface area contributed by atoms with Gasteiger partial charge in [-0.15, -0.1) is 0 Å². The molecule has 1 aromatic rings. The van der Waals surface area contributed by atoms with Crippen LogP contribution in [-0.4, -0.2) is 7.11 Å². The molecule has 0 spiro atoms. The van der Waals surface area contributed by atoms with Crippen LogP contribution < -0.4 is 4.74 Å². The Balaban J connectivity index is 0.000000325. The molecule has 0 amide bonds. The molecule has 0 radical (unpaired) electrons. The van der Waals surface area contributed by atoms with E-state index < -0.39 is 7.81 Å². The Morgan fingerprint density at radius 2 is 1.35 bits per heavy atom. The Kier molecular flexibility index (Phi) is 3.67. The molecule has 1 rings (SSSR count). The van der Waals surface area contributed by atoms with Crippen LogP contribution >= 0.6 is 7.81 Å². The predicted octanol–water partition coefficient (Wildman–Crippen LogP) is 5.56. The van der Waals surface area contributed by atoms with E-state index in [0.717, 1.165) is 5.75 Å². The van der Waals surface area contributed by atoms with Crippen molar-refractivity contribution in [3.05, 3.63) is 29.2 Å². The van der Waals surface area contributed by atoms with E-state index in [-0.39, 0.29) is 0 Å². The third-order valence-electron chi connectivity index (χ3n) is 1.19. The van der Waals surface area contributed by atoms with Gasteiger partial charge in [0, 0.05) is 12.1 Å². The van der Waals surface area contributed by atoms with Gasteiger partial charge in [0.2, 0.25) is 5.39 Å². The van der Waals surface area contributed by atoms with E-state index in [9.17, 15) is 25.2 Å². The van der Waals surface area contributed by atoms with Crippen LogP contribution in [0.3, 0.4) is 0 Å². The van der Waals surface area contributed by atoms with Crippen LogP contribution in [0.2, 0.25) is 0 Å². The second-order valence-electron chi connectivity index (χ2n) is 2.76. The molecule has 0 aliphatic rings. The molecule has 10 heteroatoms. The monoisotopic (exact) mass is 280 g/mol. The molecule has 0 aliphatic heterocycles. The SMILES string of the molecule is COc1ccc([N+]#N)cc1.F[P-](F)(F)(F)(F)F. The second kappa shape index (κ2) is 4.04. The number of hydrogen-bond donors (Lipinski definition) is 0. The molecule has 0 aliphatic carbocycles. The Labute approximate surface area is 91.9 Å². The first-order valence-corrected chi connectivity index (χ1v) is 5.90. The van der Waals surface area contributed by atoms with Gasteiger partial charge in [-0.25, -0.2) is 0 Å². The fraction of sp³-hybridized carbons (Fsp3) is 0.143. The van der Waals surface area contributed by atoms with Crippen molar-refractivity contribution in [2.45, 2.75) is 0 Å². The van der Waals surface area contributed by atoms with E-state index in [1.165, 1.54) is 0 Å². The summed E-state index contributed by atoms with van der Waals surface area (Å²) >= 11 is 0. The number of hydrogen-bond acceptors (Lipinski definition) is 2. The molecule has 0 bridgehead atoms. The minimum absolute atomic E-state index is 0.529. The quantitative estimate of drug-likeness (QED) is 0.383. The third-order valence-corrected chi connectivity index (χ3v) is 1.19. The average molecular weight is 280 g/mol. The van der Waals surface area contributed by atoms with Gasteiger partial charge < -0.3 is 4.74 Å². The van der Waals surface area contributed by atoms with Crippen molar-refractivity contribution in [1.82, 2.24) is 0 Å². The zero-order chi connectivity index (χ0) is 13.8. The Morgan fingerprint density at radius 1 is 1.00 bits per heavy atom. The van der Waals surface area contributed by atoms with Crippen molar-refractivity contribution in [2.75, 3.05) is 7.11 Å². The van der Waals surface area contributed by atoms with E-state index in [0.29, 0.717) is 5.69 Å². The van der Waals surface area contributed by atoms with Crippen molar-refractivity contribution < 1.29 is 29.9 Å². The molecular formula is C7H7F6N2OP. The van der Waals surface area contributed by atoms with Gasteiger partial charge in [0.15, 0.2) is 4.98 Å². The van der Waals surface area contributed by atoms with Gasteiger partial charge in [0.05, 0.1) is 7.11 Å². The Morgan fingerprint density at radius 3 is 1.59 bits per heavy atom. The normalized spacial score (nSPS) is 14.5. The van der Waals surface area contributed by atoms with Gasteiger partial charge in [-0.2, -0.15) is 0 Å². The summed E-state index contributed by atoms with van der Waals surface area (Å²) in [6.07, 6.45) is 0. The van der Waals surface area contributed by atoms with Crippen molar-refractivity contribution >= 4 is 13.5 Å². The number of ether oxygens (including phenoxy) is 1. The maximum absolute atomic E-state index is 10.7. The molecule has 3 nitrogen and oxygen atoms in total. The molecule has 0 saturated carbocycles. The van der Waals surface area contributed by atoms with Crippen molar-refractivity contribution in [3.63, 3.8) is 0 Å². The van der Waals surface area contributed by atoms with Crippen LogP contribution in [0.4, 0.5) is 30.9 Å². The molecule has 0 unspecified atom stereocenters. The zero-order valence-corrected chi connectivity index (χ0v) is 9.22. The molecule has 0 N–H and O–H groups in total. The van der Waals surface area contributed by atoms with E-state index in [2.05, 4.69) is 4.98 Å². The number of nitrogens with zero attached hydrogens (tertiary/aromatic N) is 2. The average Bonchev–Trinajstić information content (AvgIpc) is 2.13. The van der Waals surface area contributed by atoms with E-state index in [1.54, 1.807) is 31.4 Å². The topological polar surface area (TPSA) is 37.4 Å². The maximum atomic E-state index is 9.87. The molecule has 0 aromatic heterocycles. The molecule has 0 saturated heterocycles. The van der Waals surface area contributed by atoms with Gasteiger partial charge in [-0.1, -0.05) is 0 Å². The van der Waals surface area contributed by atoms with E-state index >= 15 is 0 Å². The molecule has 0 fully saturated rings. The summed E-state index contributed by atoms with van der Waals surface area (Å²) in [5.74, 6) is 0.757. The van der Waals surface area contributed by atoms with Crippen LogP contribution in [0.1, 0.15) is 0 Å². The fourth-order valence-electron chi connectivity index (χ4n) is 0.649. The zero-order valence-electron chi connectivity index (χ0n) is 8.33. The first kappa shape index (κ1) is 15.4. The number of diazo groups is 1. The number of benzene rings is 1. The van der Waals surface area contributed by atoms with Crippen LogP contribution in [0.5, 0.6) is 5.75 Å². The van der Waals surface area contributed by atoms with Gasteiger partial charge in [0.25, 0.3) is 0 Å². The molecule has 0 heterocycles. The predicted molar refractivity (Wildman–Crippen MR) is 51.3 cm³/mol.